The van der Waals surface area contributed by atoms with Crippen LogP contribution >= 0.6 is 0 Å². The summed E-state index contributed by atoms with van der Waals surface area (Å²) in [6, 6.07) is 8.17. The van der Waals surface area contributed by atoms with Crippen molar-refractivity contribution < 1.29 is 9.53 Å². The largest absolute Gasteiger partial charge is 0.496 e. The lowest BCUT2D eigenvalue weighted by Gasteiger charge is -2.40. The van der Waals surface area contributed by atoms with Gasteiger partial charge in [0.15, 0.2) is 0 Å². The number of ether oxygens (including phenoxy) is 1. The first-order chi connectivity index (χ1) is 11.6. The van der Waals surface area contributed by atoms with E-state index < -0.39 is 0 Å². The molecule has 1 aliphatic heterocycles. The molecule has 0 saturated carbocycles. The van der Waals surface area contributed by atoms with Crippen molar-refractivity contribution in [2.45, 2.75) is 19.5 Å². The minimum Gasteiger partial charge on any atom is -0.496 e. The van der Waals surface area contributed by atoms with Crippen molar-refractivity contribution >= 4 is 5.91 Å². The lowest BCUT2D eigenvalue weighted by Crippen LogP contribution is -2.49. The third kappa shape index (κ3) is 3.28. The first-order valence-electron chi connectivity index (χ1n) is 8.19. The normalized spacial score (nSPS) is 18.6. The molecule has 2 heterocycles. The number of nitrogens with zero attached hydrogens (tertiary/aromatic N) is 4. The Kier molecular flexibility index (Phi) is 4.85. The highest BCUT2D eigenvalue weighted by molar-refractivity contribution is 5.76. The molecule has 1 aromatic carbocycles. The number of hydrogen-bond donors (Lipinski definition) is 0. The van der Waals surface area contributed by atoms with Crippen LogP contribution in [0.15, 0.2) is 36.7 Å². The lowest BCUT2D eigenvalue weighted by molar-refractivity contribution is -0.134. The molecule has 6 heteroatoms. The summed E-state index contributed by atoms with van der Waals surface area (Å²) in [4.78, 5) is 21.1. The van der Waals surface area contributed by atoms with Gasteiger partial charge < -0.3 is 14.2 Å². The van der Waals surface area contributed by atoms with Gasteiger partial charge in [0.05, 0.1) is 13.2 Å². The molecule has 128 valence electrons. The van der Waals surface area contributed by atoms with Crippen LogP contribution in [-0.2, 0) is 11.3 Å². The van der Waals surface area contributed by atoms with Crippen LogP contribution in [-0.4, -0.2) is 59.0 Å². The maximum Gasteiger partial charge on any atom is 0.242 e. The predicted octanol–water partition coefficient (Wildman–Crippen LogP) is 1.72. The molecule has 1 saturated heterocycles. The van der Waals surface area contributed by atoms with E-state index in [9.17, 15) is 4.79 Å². The number of piperazine rings is 1. The van der Waals surface area contributed by atoms with Gasteiger partial charge in [0, 0.05) is 37.6 Å². The SMILES string of the molecule is COc1ccccc1[C@H]1CN(C(=O)Cn2ccnc2C)CCN1C. The van der Waals surface area contributed by atoms with Crippen molar-refractivity contribution in [3.8, 4) is 5.75 Å². The number of aromatic nitrogens is 2. The van der Waals surface area contributed by atoms with Gasteiger partial charge in [0.2, 0.25) is 5.91 Å². The van der Waals surface area contributed by atoms with E-state index in [4.69, 9.17) is 4.74 Å². The number of carbonyl (C=O) groups is 1. The van der Waals surface area contributed by atoms with Gasteiger partial charge >= 0.3 is 0 Å². The summed E-state index contributed by atoms with van der Waals surface area (Å²) in [5.74, 6) is 1.86. The fourth-order valence-corrected chi connectivity index (χ4v) is 3.19. The highest BCUT2D eigenvalue weighted by atomic mass is 16.5. The predicted molar refractivity (Wildman–Crippen MR) is 91.9 cm³/mol. The molecular weight excluding hydrogens is 304 g/mol. The van der Waals surface area contributed by atoms with Crippen LogP contribution in [0.2, 0.25) is 0 Å². The summed E-state index contributed by atoms with van der Waals surface area (Å²) in [5, 5.41) is 0. The average molecular weight is 328 g/mol. The Morgan fingerprint density at radius 2 is 2.12 bits per heavy atom. The number of para-hydroxylation sites is 1. The van der Waals surface area contributed by atoms with Crippen molar-refractivity contribution in [1.82, 2.24) is 19.4 Å². The minimum absolute atomic E-state index is 0.129. The van der Waals surface area contributed by atoms with E-state index in [1.165, 1.54) is 0 Å². The number of rotatable bonds is 4. The van der Waals surface area contributed by atoms with Crippen LogP contribution in [0.5, 0.6) is 5.75 Å². The van der Waals surface area contributed by atoms with E-state index in [0.29, 0.717) is 13.1 Å². The third-order valence-electron chi connectivity index (χ3n) is 4.73. The number of benzene rings is 1. The fraction of sp³-hybridized carbons (Fsp3) is 0.444. The number of hydrogen-bond acceptors (Lipinski definition) is 4. The second-order valence-electron chi connectivity index (χ2n) is 6.18. The molecule has 1 aliphatic rings. The van der Waals surface area contributed by atoms with Crippen molar-refractivity contribution in [3.63, 3.8) is 0 Å². The number of imidazole rings is 1. The number of aryl methyl sites for hydroxylation is 1. The Labute approximate surface area is 142 Å². The summed E-state index contributed by atoms with van der Waals surface area (Å²) in [6.07, 6.45) is 3.57. The molecule has 0 N–H and O–H groups in total. The number of amides is 1. The van der Waals surface area contributed by atoms with Gasteiger partial charge in [-0.3, -0.25) is 9.69 Å². The van der Waals surface area contributed by atoms with Crippen LogP contribution in [0.3, 0.4) is 0 Å². The standard InChI is InChI=1S/C18H24N4O2/c1-14-19-8-9-21(14)13-18(23)22-11-10-20(2)16(12-22)15-6-4-5-7-17(15)24-3/h4-9,16H,10-13H2,1-3H3/t16-/m1/s1. The highest BCUT2D eigenvalue weighted by Gasteiger charge is 2.30. The molecule has 0 bridgehead atoms. The molecule has 0 spiro atoms. The monoisotopic (exact) mass is 328 g/mol. The van der Waals surface area contributed by atoms with E-state index in [-0.39, 0.29) is 11.9 Å². The molecule has 24 heavy (non-hydrogen) atoms. The van der Waals surface area contributed by atoms with Crippen LogP contribution in [0, 0.1) is 6.92 Å². The highest BCUT2D eigenvalue weighted by Crippen LogP contribution is 2.31. The summed E-state index contributed by atoms with van der Waals surface area (Å²) in [6.45, 7) is 4.51. The summed E-state index contributed by atoms with van der Waals surface area (Å²) < 4.78 is 7.39. The van der Waals surface area contributed by atoms with Crippen LogP contribution in [0.1, 0.15) is 17.4 Å². The Bertz CT molecular complexity index is 713. The zero-order valence-electron chi connectivity index (χ0n) is 14.5. The van der Waals surface area contributed by atoms with Gasteiger partial charge in [-0.1, -0.05) is 18.2 Å². The molecule has 0 unspecified atom stereocenters. The van der Waals surface area contributed by atoms with E-state index in [1.807, 2.05) is 40.8 Å². The topological polar surface area (TPSA) is 50.6 Å². The molecule has 0 radical (unpaired) electrons. The zero-order chi connectivity index (χ0) is 17.1. The Morgan fingerprint density at radius 3 is 2.83 bits per heavy atom. The van der Waals surface area contributed by atoms with Gasteiger partial charge in [-0.15, -0.1) is 0 Å². The molecule has 1 atom stereocenters. The molecule has 1 aromatic heterocycles. The maximum atomic E-state index is 12.7. The van der Waals surface area contributed by atoms with Crippen LogP contribution in [0.4, 0.5) is 0 Å². The lowest BCUT2D eigenvalue weighted by atomic mass is 10.0. The molecule has 1 fully saturated rings. The molecule has 3 rings (SSSR count). The second kappa shape index (κ2) is 7.05. The van der Waals surface area contributed by atoms with Crippen LogP contribution < -0.4 is 4.74 Å². The zero-order valence-corrected chi connectivity index (χ0v) is 14.5. The summed E-state index contributed by atoms with van der Waals surface area (Å²) >= 11 is 0. The maximum absolute atomic E-state index is 12.7. The smallest absolute Gasteiger partial charge is 0.242 e. The summed E-state index contributed by atoms with van der Waals surface area (Å²) in [7, 11) is 3.78. The van der Waals surface area contributed by atoms with Gasteiger partial charge in [-0.05, 0) is 20.0 Å². The molecule has 6 nitrogen and oxygen atoms in total. The Hall–Kier alpha value is -2.34. The second-order valence-corrected chi connectivity index (χ2v) is 6.18. The number of carbonyl (C=O) groups excluding carboxylic acids is 1. The molecule has 0 aliphatic carbocycles. The van der Waals surface area contributed by atoms with Gasteiger partial charge in [-0.25, -0.2) is 4.98 Å². The molecule has 1 amide bonds. The first-order valence-corrected chi connectivity index (χ1v) is 8.19. The van der Waals surface area contributed by atoms with Gasteiger partial charge in [0.1, 0.15) is 18.1 Å². The van der Waals surface area contributed by atoms with Crippen molar-refractivity contribution in [1.29, 1.82) is 0 Å². The van der Waals surface area contributed by atoms with Gasteiger partial charge in [-0.2, -0.15) is 0 Å². The van der Waals surface area contributed by atoms with E-state index in [2.05, 4.69) is 23.0 Å². The third-order valence-corrected chi connectivity index (χ3v) is 4.73. The average Bonchev–Trinajstić information content (AvgIpc) is 3.00. The summed E-state index contributed by atoms with van der Waals surface area (Å²) in [5.41, 5.74) is 1.12. The van der Waals surface area contributed by atoms with Crippen molar-refractivity contribution in [2.75, 3.05) is 33.8 Å². The number of likely N-dealkylation sites (N-methyl/N-ethyl adjacent to an activating group) is 1. The molecular formula is C18H24N4O2. The number of methoxy groups -OCH3 is 1. The van der Waals surface area contributed by atoms with E-state index in [0.717, 1.165) is 30.2 Å². The van der Waals surface area contributed by atoms with Crippen LogP contribution in [0.25, 0.3) is 0 Å². The van der Waals surface area contributed by atoms with Crippen molar-refractivity contribution in [2.24, 2.45) is 0 Å². The molecule has 2 aromatic rings. The Balaban J connectivity index is 1.75. The fourth-order valence-electron chi connectivity index (χ4n) is 3.19. The van der Waals surface area contributed by atoms with E-state index in [1.54, 1.807) is 13.3 Å². The first kappa shape index (κ1) is 16.5. The Morgan fingerprint density at radius 1 is 1.33 bits per heavy atom. The van der Waals surface area contributed by atoms with Gasteiger partial charge in [0.25, 0.3) is 0 Å². The van der Waals surface area contributed by atoms with E-state index >= 15 is 0 Å². The van der Waals surface area contributed by atoms with Crippen molar-refractivity contribution in [3.05, 3.63) is 48.0 Å². The quantitative estimate of drug-likeness (QED) is 0.857. The minimum atomic E-state index is 0.129.